The fraction of sp³-hybridized carbons (Fsp3) is 0.188. The summed E-state index contributed by atoms with van der Waals surface area (Å²) in [5, 5.41) is 12.0. The van der Waals surface area contributed by atoms with E-state index in [-0.39, 0.29) is 5.91 Å². The second kappa shape index (κ2) is 6.89. The van der Waals surface area contributed by atoms with Crippen LogP contribution in [0.25, 0.3) is 10.7 Å². The van der Waals surface area contributed by atoms with E-state index in [0.717, 1.165) is 22.0 Å². The molecule has 0 unspecified atom stereocenters. The molecule has 5 nitrogen and oxygen atoms in total. The third-order valence-corrected chi connectivity index (χ3v) is 4.66. The monoisotopic (exact) mass is 344 g/mol. The first-order valence-electron chi connectivity index (χ1n) is 7.19. The van der Waals surface area contributed by atoms with Gasteiger partial charge < -0.3 is 5.32 Å². The number of benzene rings is 1. The molecule has 0 aliphatic heterocycles. The van der Waals surface area contributed by atoms with Crippen LogP contribution < -0.4 is 5.32 Å². The molecule has 0 aliphatic rings. The average molecular weight is 344 g/mol. The Bertz CT molecular complexity index is 864. The Kier molecular flexibility index (Phi) is 4.68. The maximum Gasteiger partial charge on any atom is 0.226 e. The van der Waals surface area contributed by atoms with Crippen LogP contribution >= 0.6 is 23.6 Å². The number of H-pyrrole nitrogens is 1. The van der Waals surface area contributed by atoms with Crippen molar-refractivity contribution in [1.29, 1.82) is 0 Å². The van der Waals surface area contributed by atoms with Gasteiger partial charge in [0, 0.05) is 18.7 Å². The Hall–Kier alpha value is -2.25. The number of aromatic nitrogens is 3. The molecular formula is C16H16N4OS2. The van der Waals surface area contributed by atoms with Crippen LogP contribution in [-0.2, 0) is 11.3 Å². The maximum atomic E-state index is 12.2. The minimum atomic E-state index is -0.0421. The summed E-state index contributed by atoms with van der Waals surface area (Å²) in [5.74, 6) is 0.730. The third-order valence-electron chi connectivity index (χ3n) is 3.48. The van der Waals surface area contributed by atoms with Crippen LogP contribution in [0.2, 0.25) is 0 Å². The number of amides is 1. The van der Waals surface area contributed by atoms with E-state index in [2.05, 4.69) is 15.5 Å². The summed E-state index contributed by atoms with van der Waals surface area (Å²) in [5.41, 5.74) is 1.88. The Morgan fingerprint density at radius 3 is 2.91 bits per heavy atom. The fourth-order valence-corrected chi connectivity index (χ4v) is 3.20. The van der Waals surface area contributed by atoms with Crippen molar-refractivity contribution < 1.29 is 4.79 Å². The highest BCUT2D eigenvalue weighted by Crippen LogP contribution is 2.23. The average Bonchev–Trinajstić information content (AvgIpc) is 3.17. The number of anilines is 1. The highest BCUT2D eigenvalue weighted by atomic mass is 32.1. The van der Waals surface area contributed by atoms with Gasteiger partial charge in [-0.15, -0.1) is 11.3 Å². The van der Waals surface area contributed by atoms with Crippen LogP contribution in [0.15, 0.2) is 41.8 Å². The molecule has 0 spiro atoms. The van der Waals surface area contributed by atoms with Gasteiger partial charge in [-0.2, -0.15) is 5.10 Å². The number of nitrogens with zero attached hydrogens (tertiary/aromatic N) is 2. The molecule has 0 aliphatic carbocycles. The summed E-state index contributed by atoms with van der Waals surface area (Å²) in [7, 11) is 0. The molecule has 0 bridgehead atoms. The van der Waals surface area contributed by atoms with Crippen LogP contribution in [0, 0.1) is 11.7 Å². The molecule has 0 atom stereocenters. The van der Waals surface area contributed by atoms with Gasteiger partial charge in [-0.1, -0.05) is 24.3 Å². The van der Waals surface area contributed by atoms with Crippen LogP contribution in [-0.4, -0.2) is 20.7 Å². The van der Waals surface area contributed by atoms with E-state index in [9.17, 15) is 4.79 Å². The number of aromatic amines is 1. The number of thiophene rings is 1. The van der Waals surface area contributed by atoms with E-state index in [4.69, 9.17) is 12.2 Å². The number of carbonyl (C=O) groups is 1. The van der Waals surface area contributed by atoms with Crippen LogP contribution in [0.3, 0.4) is 0 Å². The number of hydrogen-bond acceptors (Lipinski definition) is 4. The molecule has 0 fully saturated rings. The first-order chi connectivity index (χ1) is 11.1. The van der Waals surface area contributed by atoms with Gasteiger partial charge in [0.05, 0.1) is 4.88 Å². The lowest BCUT2D eigenvalue weighted by Crippen LogP contribution is -2.15. The van der Waals surface area contributed by atoms with Crippen molar-refractivity contribution in [1.82, 2.24) is 14.8 Å². The molecule has 3 rings (SSSR count). The van der Waals surface area contributed by atoms with Gasteiger partial charge in [0.25, 0.3) is 0 Å². The lowest BCUT2D eigenvalue weighted by atomic mass is 10.2. The predicted molar refractivity (Wildman–Crippen MR) is 95.2 cm³/mol. The quantitative estimate of drug-likeness (QED) is 0.688. The third kappa shape index (κ3) is 3.57. The summed E-state index contributed by atoms with van der Waals surface area (Å²) in [4.78, 5) is 13.2. The molecule has 118 valence electrons. The van der Waals surface area contributed by atoms with E-state index < -0.39 is 0 Å². The van der Waals surface area contributed by atoms with Crippen molar-refractivity contribution in [3.05, 3.63) is 52.1 Å². The van der Waals surface area contributed by atoms with Crippen LogP contribution in [0.5, 0.6) is 0 Å². The Balaban J connectivity index is 1.69. The summed E-state index contributed by atoms with van der Waals surface area (Å²) in [6.07, 6.45) is 0.334. The number of carbonyl (C=O) groups excluding carboxylic acids is 1. The standard InChI is InChI=1S/C16H16N4OS2/c1-11-5-2-3-6-12(11)17-14(21)8-9-20-15(18-19-16(20)22)13-7-4-10-23-13/h2-7,10H,8-9H2,1H3,(H,17,21)(H,19,22). The molecule has 2 N–H and O–H groups in total. The van der Waals surface area contributed by atoms with E-state index in [1.807, 2.05) is 53.3 Å². The van der Waals surface area contributed by atoms with Gasteiger partial charge in [0.2, 0.25) is 5.91 Å². The first kappa shape index (κ1) is 15.6. The molecule has 7 heteroatoms. The van der Waals surface area contributed by atoms with Gasteiger partial charge >= 0.3 is 0 Å². The number of hydrogen-bond donors (Lipinski definition) is 2. The topological polar surface area (TPSA) is 62.7 Å². The van der Waals surface area contributed by atoms with Crippen LogP contribution in [0.1, 0.15) is 12.0 Å². The number of para-hydroxylation sites is 1. The van der Waals surface area contributed by atoms with Crippen molar-refractivity contribution >= 4 is 35.1 Å². The van der Waals surface area contributed by atoms with Gasteiger partial charge in [0.15, 0.2) is 10.6 Å². The second-order valence-electron chi connectivity index (χ2n) is 5.09. The molecular weight excluding hydrogens is 328 g/mol. The van der Waals surface area contributed by atoms with Crippen molar-refractivity contribution in [3.63, 3.8) is 0 Å². The zero-order valence-corrected chi connectivity index (χ0v) is 14.2. The molecule has 0 saturated carbocycles. The smallest absolute Gasteiger partial charge is 0.226 e. The summed E-state index contributed by atoms with van der Waals surface area (Å²) in [6.45, 7) is 2.46. The number of nitrogens with one attached hydrogen (secondary N) is 2. The van der Waals surface area contributed by atoms with E-state index in [1.165, 1.54) is 0 Å². The number of aryl methyl sites for hydroxylation is 1. The van der Waals surface area contributed by atoms with Gasteiger partial charge in [-0.05, 0) is 42.2 Å². The molecule has 2 heterocycles. The summed E-state index contributed by atoms with van der Waals surface area (Å²) >= 11 is 6.86. The fourth-order valence-electron chi connectivity index (χ4n) is 2.26. The molecule has 2 aromatic heterocycles. The Morgan fingerprint density at radius 2 is 2.17 bits per heavy atom. The zero-order valence-electron chi connectivity index (χ0n) is 12.6. The maximum absolute atomic E-state index is 12.2. The Morgan fingerprint density at radius 1 is 1.35 bits per heavy atom. The van der Waals surface area contributed by atoms with Crippen molar-refractivity contribution in [2.75, 3.05) is 5.32 Å². The normalized spacial score (nSPS) is 10.7. The molecule has 1 aromatic carbocycles. The highest BCUT2D eigenvalue weighted by molar-refractivity contribution is 7.71. The van der Waals surface area contributed by atoms with Crippen molar-refractivity contribution in [2.45, 2.75) is 19.9 Å². The molecule has 0 saturated heterocycles. The van der Waals surface area contributed by atoms with E-state index >= 15 is 0 Å². The van der Waals surface area contributed by atoms with E-state index in [1.54, 1.807) is 11.3 Å². The van der Waals surface area contributed by atoms with E-state index in [0.29, 0.717) is 17.7 Å². The van der Waals surface area contributed by atoms with Gasteiger partial charge in [-0.3, -0.25) is 14.5 Å². The van der Waals surface area contributed by atoms with Gasteiger partial charge in [-0.25, -0.2) is 0 Å². The van der Waals surface area contributed by atoms with Crippen LogP contribution in [0.4, 0.5) is 5.69 Å². The molecule has 0 radical (unpaired) electrons. The minimum Gasteiger partial charge on any atom is -0.326 e. The minimum absolute atomic E-state index is 0.0421. The lowest BCUT2D eigenvalue weighted by Gasteiger charge is -2.09. The van der Waals surface area contributed by atoms with Gasteiger partial charge in [0.1, 0.15) is 0 Å². The predicted octanol–water partition coefficient (Wildman–Crippen LogP) is 4.01. The van der Waals surface area contributed by atoms with Crippen molar-refractivity contribution in [3.8, 4) is 10.7 Å². The summed E-state index contributed by atoms with van der Waals surface area (Å²) in [6, 6.07) is 11.7. The zero-order chi connectivity index (χ0) is 16.2. The largest absolute Gasteiger partial charge is 0.326 e. The molecule has 1 amide bonds. The second-order valence-corrected chi connectivity index (χ2v) is 6.43. The molecule has 23 heavy (non-hydrogen) atoms. The highest BCUT2D eigenvalue weighted by Gasteiger charge is 2.11. The number of rotatable bonds is 5. The first-order valence-corrected chi connectivity index (χ1v) is 8.48. The summed E-state index contributed by atoms with van der Waals surface area (Å²) < 4.78 is 2.38. The SMILES string of the molecule is Cc1ccccc1NC(=O)CCn1c(-c2cccs2)n[nH]c1=S. The van der Waals surface area contributed by atoms with Crippen molar-refractivity contribution in [2.24, 2.45) is 0 Å². The molecule has 3 aromatic rings. The lowest BCUT2D eigenvalue weighted by molar-refractivity contribution is -0.116. The Labute approximate surface area is 143 Å².